The van der Waals surface area contributed by atoms with E-state index in [9.17, 15) is 9.59 Å². The molecule has 1 saturated heterocycles. The molecule has 4 heteroatoms. The van der Waals surface area contributed by atoms with Crippen LogP contribution in [0.3, 0.4) is 0 Å². The van der Waals surface area contributed by atoms with Crippen LogP contribution in [0.4, 0.5) is 0 Å². The molecule has 2 aromatic rings. The molecule has 0 N–H and O–H groups in total. The molecule has 3 nitrogen and oxygen atoms in total. The minimum Gasteiger partial charge on any atom is -0.336 e. The van der Waals surface area contributed by atoms with Crippen LogP contribution in [0.1, 0.15) is 31.9 Å². The van der Waals surface area contributed by atoms with Gasteiger partial charge in [-0.1, -0.05) is 54.2 Å². The highest BCUT2D eigenvalue weighted by atomic mass is 32.2. The Morgan fingerprint density at radius 2 is 2.00 bits per heavy atom. The lowest BCUT2D eigenvalue weighted by Gasteiger charge is -2.26. The summed E-state index contributed by atoms with van der Waals surface area (Å²) in [5.74, 6) is 1.20. The first-order valence-corrected chi connectivity index (χ1v) is 8.95. The van der Waals surface area contributed by atoms with Gasteiger partial charge in [0.15, 0.2) is 5.12 Å². The number of benzene rings is 2. The van der Waals surface area contributed by atoms with Gasteiger partial charge in [0.25, 0.3) is 0 Å². The summed E-state index contributed by atoms with van der Waals surface area (Å²) in [6, 6.07) is 14.6. The van der Waals surface area contributed by atoms with Crippen molar-refractivity contribution in [2.24, 2.45) is 5.92 Å². The zero-order valence-electron chi connectivity index (χ0n) is 13.5. The van der Waals surface area contributed by atoms with Gasteiger partial charge in [0.05, 0.1) is 6.04 Å². The van der Waals surface area contributed by atoms with Crippen molar-refractivity contribution in [3.63, 3.8) is 0 Å². The van der Waals surface area contributed by atoms with Gasteiger partial charge in [0.2, 0.25) is 5.91 Å². The number of hydrogen-bond acceptors (Lipinski definition) is 3. The largest absolute Gasteiger partial charge is 0.336 e. The van der Waals surface area contributed by atoms with E-state index in [1.165, 1.54) is 28.1 Å². The predicted octanol–water partition coefficient (Wildman–Crippen LogP) is 4.03. The summed E-state index contributed by atoms with van der Waals surface area (Å²) in [6.07, 6.45) is 0.551. The van der Waals surface area contributed by atoms with E-state index < -0.39 is 0 Å². The first kappa shape index (κ1) is 16.1. The van der Waals surface area contributed by atoms with Gasteiger partial charge in [0, 0.05) is 25.6 Å². The van der Waals surface area contributed by atoms with Crippen LogP contribution in [0, 0.1) is 5.92 Å². The molecule has 0 spiro atoms. The fourth-order valence-electron chi connectivity index (χ4n) is 3.31. The van der Waals surface area contributed by atoms with Crippen molar-refractivity contribution in [1.82, 2.24) is 4.90 Å². The Kier molecular flexibility index (Phi) is 4.71. The maximum Gasteiger partial charge on any atom is 0.223 e. The molecule has 1 amide bonds. The standard InChI is InChI=1S/C19H21NO2S/c1-13(17-9-5-7-16-6-3-4-8-18(16)17)20-11-15(10-19(20)22)12-23-14(2)21/h3-9,13,15H,10-12H2,1-2H3. The third-order valence-corrected chi connectivity index (χ3v) is 5.55. The van der Waals surface area contributed by atoms with E-state index >= 15 is 0 Å². The molecule has 1 fully saturated rings. The summed E-state index contributed by atoms with van der Waals surface area (Å²) in [6.45, 7) is 4.42. The molecule has 3 rings (SSSR count). The Hall–Kier alpha value is -1.81. The van der Waals surface area contributed by atoms with Crippen molar-refractivity contribution in [2.45, 2.75) is 26.3 Å². The molecule has 2 unspecified atom stereocenters. The molecule has 1 aliphatic rings. The van der Waals surface area contributed by atoms with Crippen LogP contribution in [0.15, 0.2) is 42.5 Å². The molecule has 1 aliphatic heterocycles. The lowest BCUT2D eigenvalue weighted by Crippen LogP contribution is -2.28. The van der Waals surface area contributed by atoms with E-state index in [-0.39, 0.29) is 23.0 Å². The van der Waals surface area contributed by atoms with Gasteiger partial charge in [0.1, 0.15) is 0 Å². The van der Waals surface area contributed by atoms with Crippen molar-refractivity contribution in [3.8, 4) is 0 Å². The van der Waals surface area contributed by atoms with Crippen molar-refractivity contribution in [1.29, 1.82) is 0 Å². The first-order chi connectivity index (χ1) is 11.1. The van der Waals surface area contributed by atoms with Crippen molar-refractivity contribution in [3.05, 3.63) is 48.0 Å². The number of fused-ring (bicyclic) bond motifs is 1. The summed E-state index contributed by atoms with van der Waals surface area (Å²) in [5.41, 5.74) is 1.19. The quantitative estimate of drug-likeness (QED) is 0.851. The molecule has 120 valence electrons. The molecular formula is C19H21NO2S. The van der Waals surface area contributed by atoms with Gasteiger partial charge in [-0.05, 0) is 29.2 Å². The van der Waals surface area contributed by atoms with Crippen LogP contribution in [0.5, 0.6) is 0 Å². The Labute approximate surface area is 141 Å². The highest BCUT2D eigenvalue weighted by Gasteiger charge is 2.33. The van der Waals surface area contributed by atoms with Gasteiger partial charge in [-0.15, -0.1) is 0 Å². The van der Waals surface area contributed by atoms with Crippen molar-refractivity contribution in [2.75, 3.05) is 12.3 Å². The van der Waals surface area contributed by atoms with Crippen molar-refractivity contribution >= 4 is 33.6 Å². The molecule has 0 aromatic heterocycles. The van der Waals surface area contributed by atoms with E-state index in [0.717, 1.165) is 12.3 Å². The van der Waals surface area contributed by atoms with Gasteiger partial charge in [-0.25, -0.2) is 0 Å². The minimum absolute atomic E-state index is 0.0564. The topological polar surface area (TPSA) is 37.4 Å². The lowest BCUT2D eigenvalue weighted by atomic mass is 9.99. The zero-order chi connectivity index (χ0) is 16.4. The number of nitrogens with zero attached hydrogens (tertiary/aromatic N) is 1. The Morgan fingerprint density at radius 1 is 1.26 bits per heavy atom. The number of thioether (sulfide) groups is 1. The number of hydrogen-bond donors (Lipinski definition) is 0. The van der Waals surface area contributed by atoms with Crippen LogP contribution in [-0.4, -0.2) is 28.2 Å². The third-order valence-electron chi connectivity index (χ3n) is 4.50. The number of likely N-dealkylation sites (tertiary alicyclic amines) is 1. The summed E-state index contributed by atoms with van der Waals surface area (Å²) in [5, 5.41) is 2.53. The second kappa shape index (κ2) is 6.75. The fraction of sp³-hybridized carbons (Fsp3) is 0.368. The number of amides is 1. The SMILES string of the molecule is CC(=O)SCC1CC(=O)N(C(C)c2cccc3ccccc23)C1. The molecule has 2 atom stereocenters. The first-order valence-electron chi connectivity index (χ1n) is 7.96. The predicted molar refractivity (Wildman–Crippen MR) is 95.3 cm³/mol. The Morgan fingerprint density at radius 3 is 2.78 bits per heavy atom. The minimum atomic E-state index is 0.0564. The number of carbonyl (C=O) groups excluding carboxylic acids is 2. The Balaban J connectivity index is 1.81. The second-order valence-corrected chi connectivity index (χ2v) is 7.36. The molecule has 2 aromatic carbocycles. The van der Waals surface area contributed by atoms with Crippen LogP contribution >= 0.6 is 11.8 Å². The molecule has 0 aliphatic carbocycles. The van der Waals surface area contributed by atoms with E-state index in [1.54, 1.807) is 6.92 Å². The average Bonchev–Trinajstić information content (AvgIpc) is 2.92. The summed E-state index contributed by atoms with van der Waals surface area (Å²) in [7, 11) is 0. The molecule has 23 heavy (non-hydrogen) atoms. The summed E-state index contributed by atoms with van der Waals surface area (Å²) < 4.78 is 0. The lowest BCUT2D eigenvalue weighted by molar-refractivity contribution is -0.129. The second-order valence-electron chi connectivity index (χ2n) is 6.16. The van der Waals surface area contributed by atoms with Crippen LogP contribution in [-0.2, 0) is 9.59 Å². The fourth-order valence-corrected chi connectivity index (χ4v) is 4.01. The van der Waals surface area contributed by atoms with Crippen LogP contribution in [0.25, 0.3) is 10.8 Å². The van der Waals surface area contributed by atoms with E-state index in [0.29, 0.717) is 6.42 Å². The van der Waals surface area contributed by atoms with E-state index in [4.69, 9.17) is 0 Å². The molecule has 0 bridgehead atoms. The van der Waals surface area contributed by atoms with Crippen LogP contribution < -0.4 is 0 Å². The van der Waals surface area contributed by atoms with E-state index in [1.807, 2.05) is 17.0 Å². The molecular weight excluding hydrogens is 306 g/mol. The smallest absolute Gasteiger partial charge is 0.223 e. The Bertz CT molecular complexity index is 738. The highest BCUT2D eigenvalue weighted by molar-refractivity contribution is 8.13. The molecule has 0 radical (unpaired) electrons. The van der Waals surface area contributed by atoms with Gasteiger partial charge in [-0.2, -0.15) is 0 Å². The maximum absolute atomic E-state index is 12.4. The average molecular weight is 327 g/mol. The molecule has 0 saturated carbocycles. The van der Waals surface area contributed by atoms with Crippen LogP contribution in [0.2, 0.25) is 0 Å². The summed E-state index contributed by atoms with van der Waals surface area (Å²) >= 11 is 1.32. The summed E-state index contributed by atoms with van der Waals surface area (Å²) in [4.78, 5) is 25.5. The molecule has 1 heterocycles. The van der Waals surface area contributed by atoms with Gasteiger partial charge < -0.3 is 4.90 Å². The number of rotatable bonds is 4. The zero-order valence-corrected chi connectivity index (χ0v) is 14.3. The highest BCUT2D eigenvalue weighted by Crippen LogP contribution is 2.33. The monoisotopic (exact) mass is 327 g/mol. The third kappa shape index (κ3) is 3.42. The maximum atomic E-state index is 12.4. The van der Waals surface area contributed by atoms with Gasteiger partial charge in [-0.3, -0.25) is 9.59 Å². The van der Waals surface area contributed by atoms with Crippen molar-refractivity contribution < 1.29 is 9.59 Å². The normalized spacial score (nSPS) is 19.3. The van der Waals surface area contributed by atoms with E-state index in [2.05, 4.69) is 37.3 Å². The number of carbonyl (C=O) groups is 2. The van der Waals surface area contributed by atoms with Gasteiger partial charge >= 0.3 is 0 Å².